The number of anilines is 1. The molecule has 1 saturated heterocycles. The second-order valence-electron chi connectivity index (χ2n) is 5.80. The zero-order valence-corrected chi connectivity index (χ0v) is 13.8. The van der Waals surface area contributed by atoms with Crippen LogP contribution in [0.4, 0.5) is 19.1 Å². The topological polar surface area (TPSA) is 67.4 Å². The molecule has 6 nitrogen and oxygen atoms in total. The lowest BCUT2D eigenvalue weighted by Crippen LogP contribution is -2.25. The highest BCUT2D eigenvalue weighted by Crippen LogP contribution is 2.23. The summed E-state index contributed by atoms with van der Waals surface area (Å²) in [5, 5.41) is 2.64. The molecule has 0 radical (unpaired) electrons. The zero-order chi connectivity index (χ0) is 18.6. The summed E-state index contributed by atoms with van der Waals surface area (Å²) < 4.78 is 40.6. The van der Waals surface area contributed by atoms with Gasteiger partial charge >= 0.3 is 6.36 Å². The van der Waals surface area contributed by atoms with Crippen molar-refractivity contribution in [3.8, 4) is 5.75 Å². The van der Waals surface area contributed by atoms with Crippen molar-refractivity contribution in [2.24, 2.45) is 0 Å². The average molecular weight is 366 g/mol. The summed E-state index contributed by atoms with van der Waals surface area (Å²) in [6.45, 7) is 1.95. The van der Waals surface area contributed by atoms with Crippen LogP contribution < -0.4 is 15.0 Å². The first-order valence-corrected chi connectivity index (χ1v) is 8.11. The number of nitrogens with zero attached hydrogens (tertiary/aromatic N) is 3. The molecular weight excluding hydrogens is 349 g/mol. The van der Waals surface area contributed by atoms with Gasteiger partial charge in [0, 0.05) is 24.8 Å². The van der Waals surface area contributed by atoms with E-state index in [1.54, 1.807) is 12.3 Å². The first-order valence-electron chi connectivity index (χ1n) is 8.11. The number of rotatable bonds is 5. The maximum absolute atomic E-state index is 12.3. The number of amides is 1. The van der Waals surface area contributed by atoms with Gasteiger partial charge in [0.1, 0.15) is 5.75 Å². The Bertz CT molecular complexity index is 777. The van der Waals surface area contributed by atoms with E-state index in [0.717, 1.165) is 38.1 Å². The van der Waals surface area contributed by atoms with Gasteiger partial charge in [-0.1, -0.05) is 6.07 Å². The number of hydrogen-bond donors (Lipinski definition) is 1. The predicted molar refractivity (Wildman–Crippen MR) is 87.8 cm³/mol. The van der Waals surface area contributed by atoms with Crippen molar-refractivity contribution in [1.29, 1.82) is 0 Å². The van der Waals surface area contributed by atoms with Gasteiger partial charge in [0.25, 0.3) is 5.91 Å². The first kappa shape index (κ1) is 18.0. The van der Waals surface area contributed by atoms with Gasteiger partial charge in [0.15, 0.2) is 0 Å². The second kappa shape index (κ2) is 7.59. The molecule has 0 bridgehead atoms. The molecule has 2 aromatic rings. The van der Waals surface area contributed by atoms with E-state index < -0.39 is 18.0 Å². The Balaban J connectivity index is 1.62. The molecule has 1 N–H and O–H groups in total. The molecule has 0 atom stereocenters. The van der Waals surface area contributed by atoms with Crippen LogP contribution in [0.25, 0.3) is 0 Å². The molecule has 0 saturated carbocycles. The van der Waals surface area contributed by atoms with Gasteiger partial charge in [-0.3, -0.25) is 4.79 Å². The molecule has 3 rings (SSSR count). The minimum absolute atomic E-state index is 0.0700. The lowest BCUT2D eigenvalue weighted by Gasteiger charge is -2.15. The first-order chi connectivity index (χ1) is 12.4. The summed E-state index contributed by atoms with van der Waals surface area (Å²) >= 11 is 0. The Kier molecular flexibility index (Phi) is 5.24. The molecule has 1 fully saturated rings. The Morgan fingerprint density at radius 3 is 2.73 bits per heavy atom. The molecule has 2 heterocycles. The van der Waals surface area contributed by atoms with Crippen molar-refractivity contribution in [3.05, 3.63) is 47.8 Å². The molecular formula is C17H17F3N4O2. The molecule has 1 aromatic heterocycles. The van der Waals surface area contributed by atoms with Crippen LogP contribution in [0.5, 0.6) is 5.75 Å². The Morgan fingerprint density at radius 1 is 1.23 bits per heavy atom. The van der Waals surface area contributed by atoms with Crippen LogP contribution in [0.15, 0.2) is 36.5 Å². The maximum atomic E-state index is 12.3. The van der Waals surface area contributed by atoms with Crippen LogP contribution in [0.2, 0.25) is 0 Å². The van der Waals surface area contributed by atoms with Gasteiger partial charge < -0.3 is 15.0 Å². The van der Waals surface area contributed by atoms with E-state index in [1.807, 2.05) is 0 Å². The number of carbonyl (C=O) groups is 1. The van der Waals surface area contributed by atoms with Crippen molar-refractivity contribution in [3.63, 3.8) is 0 Å². The predicted octanol–water partition coefficient (Wildman–Crippen LogP) is 2.91. The molecule has 26 heavy (non-hydrogen) atoms. The maximum Gasteiger partial charge on any atom is 0.573 e. The number of aromatic nitrogens is 2. The lowest BCUT2D eigenvalue weighted by atomic mass is 10.2. The zero-order valence-electron chi connectivity index (χ0n) is 13.8. The summed E-state index contributed by atoms with van der Waals surface area (Å²) in [7, 11) is 0. The summed E-state index contributed by atoms with van der Waals surface area (Å²) in [6.07, 6.45) is -0.983. The molecule has 1 aliphatic heterocycles. The SMILES string of the molecule is O=C(NCc1ccnc(N2CCCC2)n1)c1cccc(OC(F)(F)F)c1. The van der Waals surface area contributed by atoms with Gasteiger partial charge in [-0.2, -0.15) is 0 Å². The highest BCUT2D eigenvalue weighted by Gasteiger charge is 2.31. The van der Waals surface area contributed by atoms with Crippen molar-refractivity contribution < 1.29 is 22.7 Å². The monoisotopic (exact) mass is 366 g/mol. The van der Waals surface area contributed by atoms with Crippen molar-refractivity contribution >= 4 is 11.9 Å². The van der Waals surface area contributed by atoms with E-state index in [-0.39, 0.29) is 12.1 Å². The van der Waals surface area contributed by atoms with Crippen molar-refractivity contribution in [1.82, 2.24) is 15.3 Å². The number of nitrogens with one attached hydrogen (secondary N) is 1. The fraction of sp³-hybridized carbons (Fsp3) is 0.353. The normalized spacial score (nSPS) is 14.3. The number of hydrogen-bond acceptors (Lipinski definition) is 5. The Morgan fingerprint density at radius 2 is 2.00 bits per heavy atom. The van der Waals surface area contributed by atoms with Crippen LogP contribution >= 0.6 is 0 Å². The van der Waals surface area contributed by atoms with Gasteiger partial charge in [-0.05, 0) is 37.1 Å². The van der Waals surface area contributed by atoms with Crippen LogP contribution in [0, 0.1) is 0 Å². The van der Waals surface area contributed by atoms with E-state index in [2.05, 4.69) is 24.9 Å². The third-order valence-corrected chi connectivity index (χ3v) is 3.85. The summed E-state index contributed by atoms with van der Waals surface area (Å²) in [4.78, 5) is 22.9. The number of halogens is 3. The smallest absolute Gasteiger partial charge is 0.406 e. The van der Waals surface area contributed by atoms with Gasteiger partial charge in [-0.15, -0.1) is 13.2 Å². The summed E-state index contributed by atoms with van der Waals surface area (Å²) in [5.41, 5.74) is 0.693. The van der Waals surface area contributed by atoms with Crippen molar-refractivity contribution in [2.45, 2.75) is 25.7 Å². The van der Waals surface area contributed by atoms with Crippen LogP contribution in [0.1, 0.15) is 28.9 Å². The van der Waals surface area contributed by atoms with E-state index in [0.29, 0.717) is 11.6 Å². The average Bonchev–Trinajstić information content (AvgIpc) is 3.13. The molecule has 0 spiro atoms. The quantitative estimate of drug-likeness (QED) is 0.881. The second-order valence-corrected chi connectivity index (χ2v) is 5.80. The summed E-state index contributed by atoms with van der Waals surface area (Å²) in [5.74, 6) is -0.336. The van der Waals surface area contributed by atoms with E-state index >= 15 is 0 Å². The largest absolute Gasteiger partial charge is 0.573 e. The number of carbonyl (C=O) groups excluding carboxylic acids is 1. The van der Waals surface area contributed by atoms with Gasteiger partial charge in [0.2, 0.25) is 5.95 Å². The molecule has 1 aromatic carbocycles. The van der Waals surface area contributed by atoms with E-state index in [9.17, 15) is 18.0 Å². The molecule has 1 amide bonds. The third-order valence-electron chi connectivity index (χ3n) is 3.85. The van der Waals surface area contributed by atoms with E-state index in [4.69, 9.17) is 0 Å². The molecule has 0 unspecified atom stereocenters. The van der Waals surface area contributed by atoms with Gasteiger partial charge in [0.05, 0.1) is 12.2 Å². The number of alkyl halides is 3. The highest BCUT2D eigenvalue weighted by molar-refractivity contribution is 5.94. The van der Waals surface area contributed by atoms with Gasteiger partial charge in [-0.25, -0.2) is 9.97 Å². The minimum Gasteiger partial charge on any atom is -0.406 e. The minimum atomic E-state index is -4.80. The number of ether oxygens (including phenoxy) is 1. The molecule has 138 valence electrons. The molecule has 0 aliphatic carbocycles. The van der Waals surface area contributed by atoms with E-state index in [1.165, 1.54) is 12.1 Å². The Labute approximate surface area is 148 Å². The fourth-order valence-electron chi connectivity index (χ4n) is 2.66. The van der Waals surface area contributed by atoms with Crippen LogP contribution in [0.3, 0.4) is 0 Å². The third kappa shape index (κ3) is 4.84. The van der Waals surface area contributed by atoms with Crippen molar-refractivity contribution in [2.75, 3.05) is 18.0 Å². The lowest BCUT2D eigenvalue weighted by molar-refractivity contribution is -0.274. The standard InChI is InChI=1S/C17H17F3N4O2/c18-17(19,20)26-14-5-3-4-12(10-14)15(25)22-11-13-6-7-21-16(23-13)24-8-1-2-9-24/h3-7,10H,1-2,8-9,11H2,(H,22,25). The molecule has 1 aliphatic rings. The highest BCUT2D eigenvalue weighted by atomic mass is 19.4. The Hall–Kier alpha value is -2.84. The fourth-order valence-corrected chi connectivity index (χ4v) is 2.66. The van der Waals surface area contributed by atoms with Crippen LogP contribution in [-0.4, -0.2) is 35.3 Å². The number of benzene rings is 1. The van der Waals surface area contributed by atoms with Crippen LogP contribution in [-0.2, 0) is 6.54 Å². The summed E-state index contributed by atoms with van der Waals surface area (Å²) in [6, 6.07) is 6.60. The molecule has 9 heteroatoms.